The first-order valence-corrected chi connectivity index (χ1v) is 14.0. The molecule has 0 N–H and O–H groups in total. The van der Waals surface area contributed by atoms with Crippen molar-refractivity contribution in [3.05, 3.63) is 0 Å². The molecule has 0 bridgehead atoms. The van der Waals surface area contributed by atoms with Crippen LogP contribution in [0.4, 0.5) is 0 Å². The average molecular weight is 498 g/mol. The zero-order valence-electron chi connectivity index (χ0n) is 25.7. The molecular weight excluding hydrogens is 438 g/mol. The van der Waals surface area contributed by atoms with Gasteiger partial charge in [-0.25, -0.2) is 0 Å². The van der Waals surface area contributed by atoms with E-state index in [1.54, 1.807) is 0 Å². The molecule has 0 saturated carbocycles. The van der Waals surface area contributed by atoms with E-state index < -0.39 is 10.8 Å². The highest BCUT2D eigenvalue weighted by Crippen LogP contribution is 2.48. The molecule has 0 fully saturated rings. The molecule has 5 nitrogen and oxygen atoms in total. The molecule has 0 saturated heterocycles. The van der Waals surface area contributed by atoms with E-state index in [4.69, 9.17) is 9.47 Å². The van der Waals surface area contributed by atoms with Gasteiger partial charge in [-0.1, -0.05) is 54.9 Å². The molecule has 5 heteroatoms. The summed E-state index contributed by atoms with van der Waals surface area (Å²) in [5.74, 6) is -0.282. The molecule has 5 unspecified atom stereocenters. The summed E-state index contributed by atoms with van der Waals surface area (Å²) in [5.41, 5.74) is -1.51. The van der Waals surface area contributed by atoms with Crippen LogP contribution in [0.2, 0.25) is 0 Å². The second-order valence-electron chi connectivity index (χ2n) is 12.4. The molecule has 0 aromatic heterocycles. The molecule has 0 rings (SSSR count). The zero-order chi connectivity index (χ0) is 27.7. The molecule has 0 spiro atoms. The summed E-state index contributed by atoms with van der Waals surface area (Å²) >= 11 is 0. The van der Waals surface area contributed by atoms with Gasteiger partial charge in [0.1, 0.15) is 0 Å². The van der Waals surface area contributed by atoms with E-state index in [1.165, 1.54) is 14.2 Å². The molecule has 35 heavy (non-hydrogen) atoms. The smallest absolute Gasteiger partial charge is 0.311 e. The molecule has 0 aromatic carbocycles. The molecule has 0 heterocycles. The summed E-state index contributed by atoms with van der Waals surface area (Å²) in [7, 11) is 2.98. The zero-order valence-corrected chi connectivity index (χ0v) is 25.7. The minimum absolute atomic E-state index is 0.141. The van der Waals surface area contributed by atoms with Crippen LogP contribution in [0.25, 0.3) is 0 Å². The molecule has 0 aliphatic heterocycles. The van der Waals surface area contributed by atoms with Crippen molar-refractivity contribution < 1.29 is 19.1 Å². The molecule has 0 radical (unpaired) electrons. The normalized spacial score (nSPS) is 20.6. The number of methoxy groups -OCH3 is 2. The van der Waals surface area contributed by atoms with Crippen molar-refractivity contribution in [2.24, 2.45) is 16.2 Å². The standard InChI is InChI=1S/C30H59NO4/c1-14-20-26(7,15-2)23-31(29(10,18-5)21-27(8,16-3)24(32)34-12)30(11,19-6)22-28(9,17-4)25(33)35-13/h14-23H2,1-13H3. The predicted molar refractivity (Wildman–Crippen MR) is 147 cm³/mol. The minimum Gasteiger partial charge on any atom is -0.469 e. The Balaban J connectivity index is 6.94. The maximum Gasteiger partial charge on any atom is 0.311 e. The first-order chi connectivity index (χ1) is 16.1. The first-order valence-electron chi connectivity index (χ1n) is 14.0. The van der Waals surface area contributed by atoms with Gasteiger partial charge in [0.15, 0.2) is 0 Å². The predicted octanol–water partition coefficient (Wildman–Crippen LogP) is 7.80. The maximum atomic E-state index is 12.9. The number of nitrogens with zero attached hydrogens (tertiary/aromatic N) is 1. The number of esters is 2. The van der Waals surface area contributed by atoms with Crippen molar-refractivity contribution in [3.8, 4) is 0 Å². The number of ether oxygens (including phenoxy) is 2. The van der Waals surface area contributed by atoms with Gasteiger partial charge in [0.2, 0.25) is 0 Å². The Hall–Kier alpha value is -1.10. The van der Waals surface area contributed by atoms with E-state index in [0.717, 1.165) is 51.5 Å². The van der Waals surface area contributed by atoms with Gasteiger partial charge in [-0.2, -0.15) is 0 Å². The third-order valence-corrected chi connectivity index (χ3v) is 9.53. The van der Waals surface area contributed by atoms with E-state index in [9.17, 15) is 9.59 Å². The molecule has 0 amide bonds. The molecule has 208 valence electrons. The fourth-order valence-electron chi connectivity index (χ4n) is 6.07. The summed E-state index contributed by atoms with van der Waals surface area (Å²) in [6, 6.07) is 0. The SMILES string of the molecule is CCCC(C)(CC)CN(C(C)(CC)CC(C)(CC)C(=O)OC)C(C)(CC)CC(C)(CC)C(=O)OC. The first kappa shape index (κ1) is 33.9. The van der Waals surface area contributed by atoms with Gasteiger partial charge in [0.25, 0.3) is 0 Å². The van der Waals surface area contributed by atoms with E-state index >= 15 is 0 Å². The fraction of sp³-hybridized carbons (Fsp3) is 0.933. The van der Waals surface area contributed by atoms with E-state index in [1.807, 2.05) is 13.8 Å². The number of rotatable bonds is 17. The van der Waals surface area contributed by atoms with Gasteiger partial charge >= 0.3 is 11.9 Å². The second kappa shape index (κ2) is 13.4. The van der Waals surface area contributed by atoms with Crippen LogP contribution in [0, 0.1) is 16.2 Å². The van der Waals surface area contributed by atoms with Crippen LogP contribution in [-0.4, -0.2) is 48.7 Å². The quantitative estimate of drug-likeness (QED) is 0.192. The van der Waals surface area contributed by atoms with Crippen molar-refractivity contribution >= 4 is 11.9 Å². The molecule has 5 atom stereocenters. The van der Waals surface area contributed by atoms with Crippen molar-refractivity contribution in [1.29, 1.82) is 0 Å². The molecule has 0 aliphatic rings. The van der Waals surface area contributed by atoms with Crippen LogP contribution in [0.5, 0.6) is 0 Å². The maximum absolute atomic E-state index is 12.9. The molecule has 0 aromatic rings. The fourth-order valence-corrected chi connectivity index (χ4v) is 6.07. The summed E-state index contributed by atoms with van der Waals surface area (Å²) in [6.07, 6.45) is 8.04. The van der Waals surface area contributed by atoms with Crippen LogP contribution in [0.3, 0.4) is 0 Å². The largest absolute Gasteiger partial charge is 0.469 e. The highest BCUT2D eigenvalue weighted by atomic mass is 16.5. The Kier molecular flexibility index (Phi) is 13.0. The number of hydrogen-bond donors (Lipinski definition) is 0. The lowest BCUT2D eigenvalue weighted by molar-refractivity contribution is -0.160. The lowest BCUT2D eigenvalue weighted by atomic mass is 9.67. The average Bonchev–Trinajstić information content (AvgIpc) is 2.85. The van der Waals surface area contributed by atoms with Crippen LogP contribution in [0.15, 0.2) is 0 Å². The highest BCUT2D eigenvalue weighted by molar-refractivity contribution is 5.76. The van der Waals surface area contributed by atoms with E-state index in [-0.39, 0.29) is 28.4 Å². The van der Waals surface area contributed by atoms with Crippen molar-refractivity contribution in [2.75, 3.05) is 20.8 Å². The Morgan fingerprint density at radius 3 is 1.23 bits per heavy atom. The molecule has 0 aliphatic carbocycles. The second-order valence-corrected chi connectivity index (χ2v) is 12.4. The number of carbonyl (C=O) groups is 2. The van der Waals surface area contributed by atoms with Crippen LogP contribution in [0.1, 0.15) is 134 Å². The Morgan fingerprint density at radius 1 is 0.629 bits per heavy atom. The monoisotopic (exact) mass is 497 g/mol. The van der Waals surface area contributed by atoms with Gasteiger partial charge in [-0.05, 0) is 84.5 Å². The third-order valence-electron chi connectivity index (χ3n) is 9.53. The van der Waals surface area contributed by atoms with Crippen LogP contribution >= 0.6 is 0 Å². The van der Waals surface area contributed by atoms with Crippen LogP contribution < -0.4 is 0 Å². The van der Waals surface area contributed by atoms with Gasteiger partial charge in [-0.15, -0.1) is 0 Å². The van der Waals surface area contributed by atoms with Gasteiger partial charge in [-0.3, -0.25) is 14.5 Å². The summed E-state index contributed by atoms with van der Waals surface area (Å²) in [5, 5.41) is 0. The highest BCUT2D eigenvalue weighted by Gasteiger charge is 2.51. The minimum atomic E-state index is -0.573. The van der Waals surface area contributed by atoms with Gasteiger partial charge < -0.3 is 9.47 Å². The molecular formula is C30H59NO4. The van der Waals surface area contributed by atoms with Crippen LogP contribution in [-0.2, 0) is 19.1 Å². The Labute approximate surface area is 218 Å². The van der Waals surface area contributed by atoms with Crippen molar-refractivity contribution in [2.45, 2.75) is 145 Å². The van der Waals surface area contributed by atoms with Gasteiger partial charge in [0, 0.05) is 17.6 Å². The van der Waals surface area contributed by atoms with E-state index in [0.29, 0.717) is 12.8 Å². The van der Waals surface area contributed by atoms with E-state index in [2.05, 4.69) is 67.2 Å². The Morgan fingerprint density at radius 2 is 1.00 bits per heavy atom. The van der Waals surface area contributed by atoms with Crippen molar-refractivity contribution in [3.63, 3.8) is 0 Å². The van der Waals surface area contributed by atoms with Crippen molar-refractivity contribution in [1.82, 2.24) is 4.90 Å². The summed E-state index contributed by atoms with van der Waals surface area (Å²) in [6.45, 7) is 25.2. The number of hydrogen-bond acceptors (Lipinski definition) is 5. The Bertz CT molecular complexity index is 635. The topological polar surface area (TPSA) is 55.8 Å². The number of carbonyl (C=O) groups excluding carboxylic acids is 2. The lowest BCUT2D eigenvalue weighted by Gasteiger charge is -2.57. The summed E-state index contributed by atoms with van der Waals surface area (Å²) < 4.78 is 10.5. The third kappa shape index (κ3) is 7.94. The lowest BCUT2D eigenvalue weighted by Crippen LogP contribution is -2.63. The van der Waals surface area contributed by atoms with Gasteiger partial charge in [0.05, 0.1) is 25.0 Å². The summed E-state index contributed by atoms with van der Waals surface area (Å²) in [4.78, 5) is 28.6.